The van der Waals surface area contributed by atoms with Gasteiger partial charge in [0.05, 0.1) is 13.2 Å². The molecule has 86 valence electrons. The summed E-state index contributed by atoms with van der Waals surface area (Å²) in [5.41, 5.74) is 0. The molecule has 0 radical (unpaired) electrons. The van der Waals surface area contributed by atoms with Crippen molar-refractivity contribution >= 4 is 9.04 Å². The normalized spacial score (nSPS) is 13.7. The maximum Gasteiger partial charge on any atom is 0.187 e. The van der Waals surface area contributed by atoms with Gasteiger partial charge in [-0.1, -0.05) is 41.5 Å². The lowest BCUT2D eigenvalue weighted by molar-refractivity contribution is 0.139. The van der Waals surface area contributed by atoms with E-state index in [2.05, 4.69) is 41.5 Å². The van der Waals surface area contributed by atoms with Gasteiger partial charge in [-0.2, -0.15) is 0 Å². The van der Waals surface area contributed by atoms with Crippen LogP contribution < -0.4 is 0 Å². The molecule has 0 aromatic heterocycles. The van der Waals surface area contributed by atoms with E-state index >= 15 is 0 Å². The van der Waals surface area contributed by atoms with Crippen LogP contribution in [-0.4, -0.2) is 29.4 Å². The second-order valence-corrected chi connectivity index (χ2v) is 10.5. The molecule has 0 spiro atoms. The Morgan fingerprint density at radius 2 is 1.29 bits per heavy atom. The molecular weight excluding hydrogens is 192 g/mol. The summed E-state index contributed by atoms with van der Waals surface area (Å²) in [5.74, 6) is 0. The maximum absolute atomic E-state index is 6.03. The topological polar surface area (TPSA) is 18.5 Å². The van der Waals surface area contributed by atoms with Gasteiger partial charge < -0.3 is 9.16 Å². The summed E-state index contributed by atoms with van der Waals surface area (Å²) in [4.78, 5) is 0. The third-order valence-electron chi connectivity index (χ3n) is 2.15. The van der Waals surface area contributed by atoms with Crippen molar-refractivity contribution in [2.75, 3.05) is 20.3 Å². The maximum atomic E-state index is 6.03. The molecule has 0 saturated heterocycles. The molecule has 0 fully saturated rings. The largest absolute Gasteiger partial charge is 0.417 e. The van der Waals surface area contributed by atoms with Crippen molar-refractivity contribution in [1.29, 1.82) is 0 Å². The summed E-state index contributed by atoms with van der Waals surface area (Å²) >= 11 is 0. The highest BCUT2D eigenvalue weighted by Crippen LogP contribution is 2.42. The van der Waals surface area contributed by atoms with E-state index in [-0.39, 0.29) is 0 Å². The number of methoxy groups -OCH3 is 1. The van der Waals surface area contributed by atoms with Gasteiger partial charge in [-0.05, 0) is 10.1 Å². The standard InChI is InChI=1S/C11H26O2Si/c1-10(2,3)14(11(4,5)6)13-9-8-12-7/h14H,8-9H2,1-7H3. The number of hydrogen-bond acceptors (Lipinski definition) is 2. The Morgan fingerprint density at radius 1 is 0.857 bits per heavy atom. The Kier molecular flexibility index (Phi) is 5.34. The lowest BCUT2D eigenvalue weighted by Gasteiger charge is -2.38. The van der Waals surface area contributed by atoms with Crippen LogP contribution in [0.4, 0.5) is 0 Å². The summed E-state index contributed by atoms with van der Waals surface area (Å²) in [7, 11) is 0.494. The van der Waals surface area contributed by atoms with Gasteiger partial charge in [0.25, 0.3) is 0 Å². The fourth-order valence-corrected chi connectivity index (χ4v) is 5.98. The fourth-order valence-electron chi connectivity index (χ4n) is 2.05. The number of rotatable bonds is 4. The Bertz CT molecular complexity index is 142. The van der Waals surface area contributed by atoms with Gasteiger partial charge in [-0.25, -0.2) is 0 Å². The first-order valence-electron chi connectivity index (χ1n) is 5.30. The van der Waals surface area contributed by atoms with Crippen LogP contribution in [0.1, 0.15) is 41.5 Å². The van der Waals surface area contributed by atoms with Gasteiger partial charge in [0.15, 0.2) is 9.04 Å². The smallest absolute Gasteiger partial charge is 0.187 e. The van der Waals surface area contributed by atoms with Crippen LogP contribution in [0, 0.1) is 0 Å². The van der Waals surface area contributed by atoms with E-state index in [0.717, 1.165) is 6.61 Å². The monoisotopic (exact) mass is 218 g/mol. The van der Waals surface area contributed by atoms with Crippen LogP contribution in [0.5, 0.6) is 0 Å². The highest BCUT2D eigenvalue weighted by atomic mass is 28.3. The van der Waals surface area contributed by atoms with E-state index in [1.807, 2.05) is 0 Å². The van der Waals surface area contributed by atoms with E-state index in [1.165, 1.54) is 0 Å². The van der Waals surface area contributed by atoms with Gasteiger partial charge in [-0.15, -0.1) is 0 Å². The summed E-state index contributed by atoms with van der Waals surface area (Å²) in [6.45, 7) is 15.1. The van der Waals surface area contributed by atoms with Gasteiger partial charge in [0.1, 0.15) is 0 Å². The molecule has 0 N–H and O–H groups in total. The minimum atomic E-state index is -1.22. The molecule has 0 amide bonds. The molecule has 0 atom stereocenters. The minimum absolute atomic E-state index is 0.311. The molecule has 3 heteroatoms. The van der Waals surface area contributed by atoms with Crippen molar-refractivity contribution < 1.29 is 9.16 Å². The van der Waals surface area contributed by atoms with Crippen molar-refractivity contribution in [3.05, 3.63) is 0 Å². The molecule has 2 nitrogen and oxygen atoms in total. The van der Waals surface area contributed by atoms with Crippen LogP contribution in [0.15, 0.2) is 0 Å². The molecule has 0 bridgehead atoms. The lowest BCUT2D eigenvalue weighted by Crippen LogP contribution is -2.39. The third-order valence-corrected chi connectivity index (χ3v) is 5.86. The SMILES string of the molecule is COCCO[SiH](C(C)(C)C)C(C)(C)C. The van der Waals surface area contributed by atoms with Crippen LogP contribution >= 0.6 is 0 Å². The van der Waals surface area contributed by atoms with Crippen molar-refractivity contribution in [2.45, 2.75) is 51.6 Å². The van der Waals surface area contributed by atoms with Gasteiger partial charge in [0.2, 0.25) is 0 Å². The molecule has 0 unspecified atom stereocenters. The summed E-state index contributed by atoms with van der Waals surface area (Å²) in [6, 6.07) is 0. The molecule has 0 aromatic rings. The molecule has 0 aliphatic heterocycles. The van der Waals surface area contributed by atoms with E-state index in [1.54, 1.807) is 7.11 Å². The molecule has 14 heavy (non-hydrogen) atoms. The highest BCUT2D eigenvalue weighted by Gasteiger charge is 2.37. The number of ether oxygens (including phenoxy) is 1. The second kappa shape index (κ2) is 5.28. The molecule has 0 aliphatic rings. The van der Waals surface area contributed by atoms with Gasteiger partial charge >= 0.3 is 0 Å². The highest BCUT2D eigenvalue weighted by molar-refractivity contribution is 6.58. The predicted octanol–water partition coefficient (Wildman–Crippen LogP) is 2.97. The first-order valence-corrected chi connectivity index (χ1v) is 6.92. The van der Waals surface area contributed by atoms with Crippen molar-refractivity contribution in [3.63, 3.8) is 0 Å². The van der Waals surface area contributed by atoms with E-state index in [9.17, 15) is 0 Å². The summed E-state index contributed by atoms with van der Waals surface area (Å²) < 4.78 is 11.0. The molecule has 0 saturated carbocycles. The predicted molar refractivity (Wildman–Crippen MR) is 64.4 cm³/mol. The quantitative estimate of drug-likeness (QED) is 0.533. The van der Waals surface area contributed by atoms with Crippen molar-refractivity contribution in [1.82, 2.24) is 0 Å². The number of hydrogen-bond donors (Lipinski definition) is 0. The molecule has 0 rings (SSSR count). The van der Waals surface area contributed by atoms with Crippen LogP contribution in [-0.2, 0) is 9.16 Å². The molecule has 0 aliphatic carbocycles. The minimum Gasteiger partial charge on any atom is -0.417 e. The first kappa shape index (κ1) is 14.1. The average molecular weight is 218 g/mol. The fraction of sp³-hybridized carbons (Fsp3) is 1.00. The Hall–Kier alpha value is 0.137. The molecular formula is C11H26O2Si. The van der Waals surface area contributed by atoms with Crippen molar-refractivity contribution in [3.8, 4) is 0 Å². The first-order chi connectivity index (χ1) is 6.19. The lowest BCUT2D eigenvalue weighted by atomic mass is 10.2. The zero-order valence-electron chi connectivity index (χ0n) is 10.8. The third kappa shape index (κ3) is 5.13. The zero-order valence-corrected chi connectivity index (χ0v) is 12.0. The molecule has 0 heterocycles. The zero-order chi connectivity index (χ0) is 11.4. The summed E-state index contributed by atoms with van der Waals surface area (Å²) in [5, 5.41) is 0.623. The van der Waals surface area contributed by atoms with Gasteiger partial charge in [-0.3, -0.25) is 0 Å². The van der Waals surface area contributed by atoms with Crippen molar-refractivity contribution in [2.24, 2.45) is 0 Å². The van der Waals surface area contributed by atoms with E-state index < -0.39 is 9.04 Å². The van der Waals surface area contributed by atoms with Gasteiger partial charge in [0, 0.05) is 7.11 Å². The van der Waals surface area contributed by atoms with E-state index in [0.29, 0.717) is 16.7 Å². The average Bonchev–Trinajstić information content (AvgIpc) is 1.92. The Balaban J connectivity index is 4.28. The van der Waals surface area contributed by atoms with Crippen LogP contribution in [0.3, 0.4) is 0 Å². The second-order valence-electron chi connectivity index (χ2n) is 5.98. The Morgan fingerprint density at radius 3 is 1.57 bits per heavy atom. The van der Waals surface area contributed by atoms with Crippen LogP contribution in [0.25, 0.3) is 0 Å². The molecule has 0 aromatic carbocycles. The Labute approximate surface area is 90.7 Å². The van der Waals surface area contributed by atoms with E-state index in [4.69, 9.17) is 9.16 Å². The van der Waals surface area contributed by atoms with Crippen LogP contribution in [0.2, 0.25) is 10.1 Å². The summed E-state index contributed by atoms with van der Waals surface area (Å²) in [6.07, 6.45) is 0.